The maximum absolute atomic E-state index is 11.2. The van der Waals surface area contributed by atoms with Crippen LogP contribution in [0.3, 0.4) is 0 Å². The maximum atomic E-state index is 11.2. The lowest BCUT2D eigenvalue weighted by Crippen LogP contribution is -2.33. The van der Waals surface area contributed by atoms with Crippen molar-refractivity contribution in [1.82, 2.24) is 5.32 Å². The van der Waals surface area contributed by atoms with Crippen LogP contribution in [-0.2, 0) is 9.59 Å². The van der Waals surface area contributed by atoms with Crippen LogP contribution in [0.4, 0.5) is 0 Å². The quantitative estimate of drug-likeness (QED) is 0.669. The molecule has 6 heteroatoms. The number of aliphatic carboxylic acids is 1. The second-order valence-corrected chi connectivity index (χ2v) is 4.13. The summed E-state index contributed by atoms with van der Waals surface area (Å²) in [5.74, 6) is -0.290. The third-order valence-electron chi connectivity index (χ3n) is 2.40. The Kier molecular flexibility index (Phi) is 6.95. The molecule has 1 rings (SSSR count). The Morgan fingerprint density at radius 1 is 1.15 bits per heavy atom. The van der Waals surface area contributed by atoms with Gasteiger partial charge in [0.15, 0.2) is 6.61 Å². The first-order chi connectivity index (χ1) is 9.61. The molecule has 2 N–H and O–H groups in total. The highest BCUT2D eigenvalue weighted by Gasteiger charge is 2.04. The van der Waals surface area contributed by atoms with Gasteiger partial charge in [-0.2, -0.15) is 0 Å². The standard InChI is InChI=1S/C14H19NO5/c1-2-3-8-19-11-4-6-12(7-5-11)20-10-13(16)15-9-14(17)18/h4-7H,2-3,8-10H2,1H3,(H,15,16)(H,17,18). The number of nitrogens with one attached hydrogen (secondary N) is 1. The van der Waals surface area contributed by atoms with Crippen LogP contribution in [-0.4, -0.2) is 36.7 Å². The molecule has 0 aliphatic carbocycles. The SMILES string of the molecule is CCCCOc1ccc(OCC(=O)NCC(=O)O)cc1. The summed E-state index contributed by atoms with van der Waals surface area (Å²) >= 11 is 0. The first-order valence-electron chi connectivity index (χ1n) is 6.46. The average Bonchev–Trinajstić information content (AvgIpc) is 2.44. The van der Waals surface area contributed by atoms with Gasteiger partial charge in [0.1, 0.15) is 18.0 Å². The van der Waals surface area contributed by atoms with Crippen LogP contribution < -0.4 is 14.8 Å². The number of amides is 1. The summed E-state index contributed by atoms with van der Waals surface area (Å²) in [6.07, 6.45) is 2.08. The summed E-state index contributed by atoms with van der Waals surface area (Å²) in [6.45, 7) is 2.14. The molecule has 0 fully saturated rings. The van der Waals surface area contributed by atoms with E-state index in [0.717, 1.165) is 18.6 Å². The molecule has 110 valence electrons. The molecule has 0 aliphatic heterocycles. The summed E-state index contributed by atoms with van der Waals surface area (Å²) in [5.41, 5.74) is 0. The van der Waals surface area contributed by atoms with Gasteiger partial charge < -0.3 is 19.9 Å². The van der Waals surface area contributed by atoms with E-state index in [1.54, 1.807) is 24.3 Å². The van der Waals surface area contributed by atoms with Gasteiger partial charge in [0.05, 0.1) is 6.61 Å². The molecule has 0 unspecified atom stereocenters. The molecule has 0 heterocycles. The number of benzene rings is 1. The molecule has 1 amide bonds. The first kappa shape index (κ1) is 15.8. The van der Waals surface area contributed by atoms with Gasteiger partial charge in [-0.3, -0.25) is 9.59 Å². The zero-order chi connectivity index (χ0) is 14.8. The van der Waals surface area contributed by atoms with Crippen LogP contribution in [0.25, 0.3) is 0 Å². The van der Waals surface area contributed by atoms with Gasteiger partial charge in [-0.1, -0.05) is 13.3 Å². The second kappa shape index (κ2) is 8.79. The predicted molar refractivity (Wildman–Crippen MR) is 73.0 cm³/mol. The first-order valence-corrected chi connectivity index (χ1v) is 6.46. The van der Waals surface area contributed by atoms with Crippen LogP contribution in [0.2, 0.25) is 0 Å². The number of rotatable bonds is 9. The summed E-state index contributed by atoms with van der Waals surface area (Å²) in [5, 5.41) is 10.6. The van der Waals surface area contributed by atoms with Crippen LogP contribution >= 0.6 is 0 Å². The summed E-state index contributed by atoms with van der Waals surface area (Å²) in [6, 6.07) is 6.93. The molecule has 0 bridgehead atoms. The summed E-state index contributed by atoms with van der Waals surface area (Å²) in [4.78, 5) is 21.5. The van der Waals surface area contributed by atoms with Gasteiger partial charge in [0.2, 0.25) is 0 Å². The molecule has 0 atom stereocenters. The van der Waals surface area contributed by atoms with Crippen molar-refractivity contribution < 1.29 is 24.2 Å². The Balaban J connectivity index is 2.30. The monoisotopic (exact) mass is 281 g/mol. The van der Waals surface area contributed by atoms with E-state index in [1.807, 2.05) is 0 Å². The molecule has 20 heavy (non-hydrogen) atoms. The average molecular weight is 281 g/mol. The van der Waals surface area contributed by atoms with Gasteiger partial charge in [-0.15, -0.1) is 0 Å². The second-order valence-electron chi connectivity index (χ2n) is 4.13. The Labute approximate surface area is 117 Å². The highest BCUT2D eigenvalue weighted by molar-refractivity contribution is 5.82. The van der Waals surface area contributed by atoms with E-state index < -0.39 is 18.4 Å². The fourth-order valence-corrected chi connectivity index (χ4v) is 1.34. The molecule has 1 aromatic rings. The normalized spacial score (nSPS) is 9.85. The summed E-state index contributed by atoms with van der Waals surface area (Å²) < 4.78 is 10.7. The van der Waals surface area contributed by atoms with Crippen molar-refractivity contribution in [3.63, 3.8) is 0 Å². The largest absolute Gasteiger partial charge is 0.494 e. The number of carboxylic acid groups (broad SMARTS) is 1. The highest BCUT2D eigenvalue weighted by Crippen LogP contribution is 2.17. The van der Waals surface area contributed by atoms with E-state index in [1.165, 1.54) is 0 Å². The lowest BCUT2D eigenvalue weighted by Gasteiger charge is -2.08. The topological polar surface area (TPSA) is 84.9 Å². The van der Waals surface area contributed by atoms with Crippen molar-refractivity contribution in [3.8, 4) is 11.5 Å². The Morgan fingerprint density at radius 2 is 1.75 bits per heavy atom. The minimum absolute atomic E-state index is 0.219. The number of ether oxygens (including phenoxy) is 2. The molecule has 0 saturated heterocycles. The van der Waals surface area contributed by atoms with Gasteiger partial charge in [-0.05, 0) is 30.7 Å². The number of hydrogen-bond donors (Lipinski definition) is 2. The third kappa shape index (κ3) is 6.63. The number of carbonyl (C=O) groups is 2. The minimum atomic E-state index is -1.09. The van der Waals surface area contributed by atoms with E-state index in [4.69, 9.17) is 14.6 Å². The number of unbranched alkanes of at least 4 members (excludes halogenated alkanes) is 1. The lowest BCUT2D eigenvalue weighted by molar-refractivity contribution is -0.138. The lowest BCUT2D eigenvalue weighted by atomic mass is 10.3. The van der Waals surface area contributed by atoms with Gasteiger partial charge in [0.25, 0.3) is 5.91 Å². The fraction of sp³-hybridized carbons (Fsp3) is 0.429. The molecule has 0 spiro atoms. The van der Waals surface area contributed by atoms with Crippen molar-refractivity contribution in [2.24, 2.45) is 0 Å². The number of carbonyl (C=O) groups excluding carboxylic acids is 1. The van der Waals surface area contributed by atoms with Crippen LogP contribution in [0.15, 0.2) is 24.3 Å². The van der Waals surface area contributed by atoms with Crippen LogP contribution in [0, 0.1) is 0 Å². The molecule has 6 nitrogen and oxygen atoms in total. The van der Waals surface area contributed by atoms with E-state index in [0.29, 0.717) is 12.4 Å². The third-order valence-corrected chi connectivity index (χ3v) is 2.40. The van der Waals surface area contributed by atoms with Crippen molar-refractivity contribution >= 4 is 11.9 Å². The van der Waals surface area contributed by atoms with Crippen LogP contribution in [0.1, 0.15) is 19.8 Å². The van der Waals surface area contributed by atoms with Crippen molar-refractivity contribution in [2.75, 3.05) is 19.8 Å². The Hall–Kier alpha value is -2.24. The fourth-order valence-electron chi connectivity index (χ4n) is 1.34. The molecule has 0 radical (unpaired) electrons. The molecule has 1 aromatic carbocycles. The smallest absolute Gasteiger partial charge is 0.322 e. The molecular weight excluding hydrogens is 262 g/mol. The van der Waals surface area contributed by atoms with E-state index in [9.17, 15) is 9.59 Å². The van der Waals surface area contributed by atoms with Gasteiger partial charge >= 0.3 is 5.97 Å². The van der Waals surface area contributed by atoms with Gasteiger partial charge in [0, 0.05) is 0 Å². The Bertz CT molecular complexity index is 430. The summed E-state index contributed by atoms with van der Waals surface area (Å²) in [7, 11) is 0. The molecule has 0 aliphatic rings. The number of hydrogen-bond acceptors (Lipinski definition) is 4. The zero-order valence-electron chi connectivity index (χ0n) is 11.4. The minimum Gasteiger partial charge on any atom is -0.494 e. The van der Waals surface area contributed by atoms with Crippen molar-refractivity contribution in [1.29, 1.82) is 0 Å². The highest BCUT2D eigenvalue weighted by atomic mass is 16.5. The maximum Gasteiger partial charge on any atom is 0.322 e. The molecule has 0 aromatic heterocycles. The van der Waals surface area contributed by atoms with Crippen molar-refractivity contribution in [3.05, 3.63) is 24.3 Å². The number of carboxylic acids is 1. The van der Waals surface area contributed by atoms with E-state index in [-0.39, 0.29) is 6.61 Å². The predicted octanol–water partition coefficient (Wildman–Crippen LogP) is 1.45. The van der Waals surface area contributed by atoms with E-state index in [2.05, 4.69) is 12.2 Å². The molecular formula is C14H19NO5. The Morgan fingerprint density at radius 3 is 2.30 bits per heavy atom. The zero-order valence-corrected chi connectivity index (χ0v) is 11.4. The van der Waals surface area contributed by atoms with Crippen LogP contribution in [0.5, 0.6) is 11.5 Å². The van der Waals surface area contributed by atoms with Crippen molar-refractivity contribution in [2.45, 2.75) is 19.8 Å². The van der Waals surface area contributed by atoms with Gasteiger partial charge in [-0.25, -0.2) is 0 Å². The molecule has 0 saturated carbocycles. The van der Waals surface area contributed by atoms with E-state index >= 15 is 0 Å².